The zero-order chi connectivity index (χ0) is 18.5. The zero-order valence-electron chi connectivity index (χ0n) is 14.8. The van der Waals surface area contributed by atoms with Gasteiger partial charge in [-0.25, -0.2) is 9.97 Å². The number of para-hydroxylation sites is 2. The maximum Gasteiger partial charge on any atom is 0.146 e. The summed E-state index contributed by atoms with van der Waals surface area (Å²) < 4.78 is 0. The minimum Gasteiger partial charge on any atom is -0.261 e. The van der Waals surface area contributed by atoms with Crippen LogP contribution >= 0.6 is 0 Å². The van der Waals surface area contributed by atoms with E-state index >= 15 is 0 Å². The van der Waals surface area contributed by atoms with Crippen LogP contribution in [0, 0.1) is 0 Å². The molecule has 4 aromatic rings. The van der Waals surface area contributed by atoms with Gasteiger partial charge in [-0.3, -0.25) is 10.9 Å². The number of nitrogens with zero attached hydrogens (tertiary/aromatic N) is 4. The van der Waals surface area contributed by atoms with Crippen molar-refractivity contribution in [2.75, 3.05) is 10.9 Å². The molecule has 0 unspecified atom stereocenters. The average molecular weight is 354 g/mol. The Labute approximate surface area is 156 Å². The van der Waals surface area contributed by atoms with Gasteiger partial charge >= 0.3 is 0 Å². The van der Waals surface area contributed by atoms with E-state index in [2.05, 4.69) is 31.0 Å². The molecular weight excluding hydrogens is 336 g/mol. The highest BCUT2D eigenvalue weighted by Crippen LogP contribution is 2.15. The van der Waals surface area contributed by atoms with E-state index in [9.17, 15) is 0 Å². The summed E-state index contributed by atoms with van der Waals surface area (Å²) in [6.07, 6.45) is 1.63. The third-order valence-electron chi connectivity index (χ3n) is 3.97. The summed E-state index contributed by atoms with van der Waals surface area (Å²) in [4.78, 5) is 9.02. The van der Waals surface area contributed by atoms with Gasteiger partial charge in [-0.2, -0.15) is 10.2 Å². The van der Waals surface area contributed by atoms with E-state index in [4.69, 9.17) is 0 Å². The Hall–Kier alpha value is -3.80. The van der Waals surface area contributed by atoms with Crippen LogP contribution < -0.4 is 10.9 Å². The van der Waals surface area contributed by atoms with Gasteiger partial charge in [-0.15, -0.1) is 0 Å². The average Bonchev–Trinajstić information content (AvgIpc) is 2.72. The minimum atomic E-state index is 0.682. The molecule has 0 aliphatic rings. The summed E-state index contributed by atoms with van der Waals surface area (Å²) in [7, 11) is 0. The molecule has 0 saturated heterocycles. The minimum absolute atomic E-state index is 0.682. The Bertz CT molecular complexity index is 1150. The number of fused-ring (bicyclic) bond motifs is 2. The maximum atomic E-state index is 4.52. The van der Waals surface area contributed by atoms with Crippen LogP contribution in [0.1, 0.15) is 6.92 Å². The Balaban J connectivity index is 1.40. The van der Waals surface area contributed by atoms with Gasteiger partial charge in [0.05, 0.1) is 23.0 Å². The van der Waals surface area contributed by atoms with Gasteiger partial charge in [0, 0.05) is 10.8 Å². The van der Waals surface area contributed by atoms with E-state index in [1.807, 2.05) is 79.7 Å². The van der Waals surface area contributed by atoms with Crippen molar-refractivity contribution < 1.29 is 0 Å². The lowest BCUT2D eigenvalue weighted by Crippen LogP contribution is -2.02. The molecule has 0 amide bonds. The van der Waals surface area contributed by atoms with E-state index in [1.54, 1.807) is 6.21 Å². The quantitative estimate of drug-likeness (QED) is 0.403. The third kappa shape index (κ3) is 4.07. The number of nitrogens with one attached hydrogen (secondary N) is 2. The molecule has 132 valence electrons. The monoisotopic (exact) mass is 354 g/mol. The van der Waals surface area contributed by atoms with Crippen molar-refractivity contribution in [1.29, 1.82) is 0 Å². The fourth-order valence-corrected chi connectivity index (χ4v) is 2.62. The largest absolute Gasteiger partial charge is 0.261 e. The molecule has 0 bridgehead atoms. The number of hydrazone groups is 2. The standard InChI is InChI=1S/C21H18N6/c1-15(25-27-21-13-11-17-7-3-5-9-19(17)24-21)14-22-26-20-12-10-16-6-2-4-8-18(16)23-20/h2-14H,1H3,(H,23,26)(H,24,27)/b22-14+,25-15+. The van der Waals surface area contributed by atoms with Crippen LogP contribution in [0.5, 0.6) is 0 Å². The molecule has 6 nitrogen and oxygen atoms in total. The first-order chi connectivity index (χ1) is 13.3. The van der Waals surface area contributed by atoms with Gasteiger partial charge in [-0.05, 0) is 43.3 Å². The molecule has 0 aliphatic carbocycles. The molecule has 0 radical (unpaired) electrons. The molecule has 27 heavy (non-hydrogen) atoms. The van der Waals surface area contributed by atoms with Gasteiger partial charge < -0.3 is 0 Å². The number of hydrogen-bond donors (Lipinski definition) is 2. The normalized spacial score (nSPS) is 12.0. The second-order valence-corrected chi connectivity index (χ2v) is 6.01. The Morgan fingerprint density at radius 1 is 0.741 bits per heavy atom. The molecule has 0 atom stereocenters. The topological polar surface area (TPSA) is 74.6 Å². The predicted octanol–water partition coefficient (Wildman–Crippen LogP) is 4.67. The number of anilines is 2. The second kappa shape index (κ2) is 7.61. The zero-order valence-corrected chi connectivity index (χ0v) is 14.8. The highest BCUT2D eigenvalue weighted by Gasteiger charge is 1.97. The first-order valence-electron chi connectivity index (χ1n) is 8.59. The highest BCUT2D eigenvalue weighted by atomic mass is 15.3. The second-order valence-electron chi connectivity index (χ2n) is 6.01. The molecule has 2 aromatic carbocycles. The molecule has 0 aliphatic heterocycles. The summed E-state index contributed by atoms with van der Waals surface area (Å²) >= 11 is 0. The lowest BCUT2D eigenvalue weighted by molar-refractivity contribution is 1.25. The summed E-state index contributed by atoms with van der Waals surface area (Å²) in [5, 5.41) is 10.6. The van der Waals surface area contributed by atoms with Crippen LogP contribution in [-0.2, 0) is 0 Å². The van der Waals surface area contributed by atoms with E-state index in [0.29, 0.717) is 17.3 Å². The molecule has 2 heterocycles. The first kappa shape index (κ1) is 16.7. The van der Waals surface area contributed by atoms with Crippen molar-refractivity contribution in [3.63, 3.8) is 0 Å². The Morgan fingerprint density at radius 2 is 1.30 bits per heavy atom. The van der Waals surface area contributed by atoms with Gasteiger partial charge in [0.25, 0.3) is 0 Å². The molecule has 0 saturated carbocycles. The van der Waals surface area contributed by atoms with Gasteiger partial charge in [0.1, 0.15) is 11.6 Å². The molecule has 0 fully saturated rings. The van der Waals surface area contributed by atoms with Crippen molar-refractivity contribution in [1.82, 2.24) is 9.97 Å². The van der Waals surface area contributed by atoms with Crippen molar-refractivity contribution in [2.45, 2.75) is 6.92 Å². The van der Waals surface area contributed by atoms with Crippen LogP contribution in [0.25, 0.3) is 21.8 Å². The fraction of sp³-hybridized carbons (Fsp3) is 0.0476. The molecular formula is C21H18N6. The lowest BCUT2D eigenvalue weighted by Gasteiger charge is -2.03. The Morgan fingerprint density at radius 3 is 1.93 bits per heavy atom. The van der Waals surface area contributed by atoms with Gasteiger partial charge in [0.2, 0.25) is 0 Å². The van der Waals surface area contributed by atoms with Crippen LogP contribution in [-0.4, -0.2) is 21.9 Å². The summed E-state index contributed by atoms with van der Waals surface area (Å²) in [6, 6.07) is 23.7. The van der Waals surface area contributed by atoms with E-state index in [-0.39, 0.29) is 0 Å². The molecule has 2 aromatic heterocycles. The predicted molar refractivity (Wildman–Crippen MR) is 112 cm³/mol. The van der Waals surface area contributed by atoms with Crippen molar-refractivity contribution >= 4 is 45.4 Å². The number of pyridine rings is 2. The molecule has 0 spiro atoms. The number of aromatic nitrogens is 2. The molecule has 6 heteroatoms. The molecule has 2 N–H and O–H groups in total. The van der Waals surface area contributed by atoms with Gasteiger partial charge in [0.15, 0.2) is 0 Å². The van der Waals surface area contributed by atoms with Crippen LogP contribution in [0.4, 0.5) is 11.6 Å². The van der Waals surface area contributed by atoms with Gasteiger partial charge in [-0.1, -0.05) is 36.4 Å². The summed E-state index contributed by atoms with van der Waals surface area (Å²) in [5.41, 5.74) is 8.43. The van der Waals surface area contributed by atoms with Crippen molar-refractivity contribution in [3.8, 4) is 0 Å². The number of hydrogen-bond acceptors (Lipinski definition) is 6. The van der Waals surface area contributed by atoms with E-state index in [0.717, 1.165) is 21.8 Å². The summed E-state index contributed by atoms with van der Waals surface area (Å²) in [5.74, 6) is 1.37. The van der Waals surface area contributed by atoms with E-state index in [1.165, 1.54) is 0 Å². The van der Waals surface area contributed by atoms with Crippen molar-refractivity contribution in [2.24, 2.45) is 10.2 Å². The van der Waals surface area contributed by atoms with Crippen molar-refractivity contribution in [3.05, 3.63) is 72.8 Å². The summed E-state index contributed by atoms with van der Waals surface area (Å²) in [6.45, 7) is 1.85. The first-order valence-corrected chi connectivity index (χ1v) is 8.59. The lowest BCUT2D eigenvalue weighted by atomic mass is 10.2. The number of benzene rings is 2. The molecule has 4 rings (SSSR count). The van der Waals surface area contributed by atoms with Crippen LogP contribution in [0.15, 0.2) is 83.0 Å². The fourth-order valence-electron chi connectivity index (χ4n) is 2.62. The van der Waals surface area contributed by atoms with Crippen LogP contribution in [0.2, 0.25) is 0 Å². The third-order valence-corrected chi connectivity index (χ3v) is 3.97. The van der Waals surface area contributed by atoms with Crippen LogP contribution in [0.3, 0.4) is 0 Å². The Kier molecular flexibility index (Phi) is 4.70. The van der Waals surface area contributed by atoms with E-state index < -0.39 is 0 Å². The highest BCUT2D eigenvalue weighted by molar-refractivity contribution is 6.29. The number of rotatable bonds is 5. The SMILES string of the molecule is CC(/C=N/Nc1ccc2ccccc2n1)=N\Nc1ccc2ccccc2n1. The smallest absolute Gasteiger partial charge is 0.146 e. The maximum absolute atomic E-state index is 4.52.